The number of nitrogens with zero attached hydrogens (tertiary/aromatic N) is 4. The van der Waals surface area contributed by atoms with Crippen molar-refractivity contribution in [1.82, 2.24) is 18.9 Å². The number of aromatic nitrogens is 4. The Hall–Kier alpha value is -2.83. The molecule has 2 heterocycles. The first-order chi connectivity index (χ1) is 12.1. The van der Waals surface area contributed by atoms with Gasteiger partial charge in [-0.15, -0.1) is 0 Å². The first-order valence-electron chi connectivity index (χ1n) is 8.54. The second kappa shape index (κ2) is 5.91. The van der Waals surface area contributed by atoms with E-state index in [0.717, 1.165) is 11.0 Å². The maximum Gasteiger partial charge on any atom is 0.329 e. The van der Waals surface area contributed by atoms with Gasteiger partial charge in [-0.1, -0.05) is 12.1 Å². The fourth-order valence-electron chi connectivity index (χ4n) is 3.36. The number of carbonyl (C=O) groups excluding carboxylic acids is 1. The van der Waals surface area contributed by atoms with E-state index in [4.69, 9.17) is 0 Å². The number of hydrogen-bond donors (Lipinski definition) is 1. The number of nitrogens with one attached hydrogen (secondary N) is 1. The van der Waals surface area contributed by atoms with Crippen LogP contribution in [-0.4, -0.2) is 24.8 Å². The second-order valence-corrected chi connectivity index (χ2v) is 6.70. The fourth-order valence-corrected chi connectivity index (χ4v) is 3.36. The van der Waals surface area contributed by atoms with Gasteiger partial charge in [0, 0.05) is 13.1 Å². The lowest BCUT2D eigenvalue weighted by molar-refractivity contribution is -0.116. The number of aryl methyl sites for hydroxylation is 1. The summed E-state index contributed by atoms with van der Waals surface area (Å²) < 4.78 is 4.92. The quantitative estimate of drug-likeness (QED) is 0.774. The van der Waals surface area contributed by atoms with E-state index in [2.05, 4.69) is 17.3 Å². The summed E-state index contributed by atoms with van der Waals surface area (Å²) in [5, 5.41) is 7.23. The molecule has 25 heavy (non-hydrogen) atoms. The number of hydrogen-bond acceptors (Lipinski definition) is 3. The van der Waals surface area contributed by atoms with E-state index in [9.17, 15) is 9.59 Å². The number of para-hydroxylation sites is 2. The minimum atomic E-state index is -0.233. The predicted molar refractivity (Wildman–Crippen MR) is 95.5 cm³/mol. The summed E-state index contributed by atoms with van der Waals surface area (Å²) in [7, 11) is 1.71. The van der Waals surface area contributed by atoms with Crippen molar-refractivity contribution >= 4 is 22.8 Å². The average Bonchev–Trinajstić information content (AvgIpc) is 3.32. The lowest BCUT2D eigenvalue weighted by Crippen LogP contribution is -2.29. The molecule has 0 bridgehead atoms. The fraction of sp³-hybridized carbons (Fsp3) is 0.389. The Morgan fingerprint density at radius 2 is 2.00 bits per heavy atom. The Morgan fingerprint density at radius 1 is 1.28 bits per heavy atom. The highest BCUT2D eigenvalue weighted by atomic mass is 16.2. The molecule has 3 aromatic rings. The Kier molecular flexibility index (Phi) is 3.71. The molecule has 7 nitrogen and oxygen atoms in total. The van der Waals surface area contributed by atoms with Crippen molar-refractivity contribution < 1.29 is 4.79 Å². The van der Waals surface area contributed by atoms with Gasteiger partial charge in [0.1, 0.15) is 12.4 Å². The van der Waals surface area contributed by atoms with Gasteiger partial charge in [0.05, 0.1) is 23.3 Å². The maximum absolute atomic E-state index is 12.5. The van der Waals surface area contributed by atoms with Crippen molar-refractivity contribution in [3.8, 4) is 0 Å². The normalized spacial score (nSPS) is 15.4. The molecule has 1 fully saturated rings. The Morgan fingerprint density at radius 3 is 2.72 bits per heavy atom. The molecule has 0 saturated heterocycles. The van der Waals surface area contributed by atoms with E-state index in [1.54, 1.807) is 23.9 Å². The molecule has 4 rings (SSSR count). The van der Waals surface area contributed by atoms with E-state index >= 15 is 0 Å². The highest BCUT2D eigenvalue weighted by Crippen LogP contribution is 2.40. The minimum Gasteiger partial charge on any atom is -0.309 e. The zero-order valence-corrected chi connectivity index (χ0v) is 14.3. The van der Waals surface area contributed by atoms with Crippen LogP contribution in [-0.2, 0) is 18.4 Å². The summed E-state index contributed by atoms with van der Waals surface area (Å²) in [4.78, 5) is 25.0. The summed E-state index contributed by atoms with van der Waals surface area (Å²) in [6.07, 6.45) is 4.11. The molecule has 2 aromatic heterocycles. The van der Waals surface area contributed by atoms with E-state index in [1.807, 2.05) is 28.9 Å². The minimum absolute atomic E-state index is 0.0246. The third-order valence-corrected chi connectivity index (χ3v) is 4.98. The van der Waals surface area contributed by atoms with Crippen molar-refractivity contribution in [3.05, 3.63) is 47.0 Å². The third kappa shape index (κ3) is 2.75. The summed E-state index contributed by atoms with van der Waals surface area (Å²) in [5.74, 6) is 1.08. The number of anilines is 1. The molecular formula is C18H21N5O2. The van der Waals surface area contributed by atoms with Crippen molar-refractivity contribution in [1.29, 1.82) is 0 Å². The van der Waals surface area contributed by atoms with E-state index in [0.29, 0.717) is 11.7 Å². The van der Waals surface area contributed by atoms with Gasteiger partial charge in [-0.05, 0) is 37.8 Å². The van der Waals surface area contributed by atoms with Crippen LogP contribution in [0.2, 0.25) is 0 Å². The monoisotopic (exact) mass is 339 g/mol. The number of fused-ring (bicyclic) bond motifs is 1. The Labute approximate surface area is 144 Å². The van der Waals surface area contributed by atoms with Crippen molar-refractivity contribution in [3.63, 3.8) is 0 Å². The standard InChI is InChI=1S/C18H21N5O2/c1-12(13-7-8-13)23-16(9-10-19-23)20-17(24)11-22-15-6-4-3-5-14(15)21(2)18(22)25/h3-6,9-10,12-13H,7-8,11H2,1-2H3,(H,20,24). The SMILES string of the molecule is CC(C1CC1)n1nccc1NC(=O)Cn1c(=O)n(C)c2ccccc21. The zero-order chi connectivity index (χ0) is 17.6. The van der Waals surface area contributed by atoms with Crippen LogP contribution in [0.4, 0.5) is 5.82 Å². The van der Waals surface area contributed by atoms with E-state index < -0.39 is 0 Å². The van der Waals surface area contributed by atoms with Crippen molar-refractivity contribution in [2.75, 3.05) is 5.32 Å². The molecule has 0 aliphatic heterocycles. The first kappa shape index (κ1) is 15.7. The van der Waals surface area contributed by atoms with Gasteiger partial charge in [-0.25, -0.2) is 9.48 Å². The highest BCUT2D eigenvalue weighted by molar-refractivity contribution is 5.90. The van der Waals surface area contributed by atoms with Gasteiger partial charge >= 0.3 is 5.69 Å². The maximum atomic E-state index is 12.5. The lowest BCUT2D eigenvalue weighted by Gasteiger charge is -2.15. The van der Waals surface area contributed by atoms with Crippen LogP contribution in [0.3, 0.4) is 0 Å². The third-order valence-electron chi connectivity index (χ3n) is 4.98. The molecule has 0 radical (unpaired) electrons. The van der Waals surface area contributed by atoms with Gasteiger partial charge in [0.25, 0.3) is 0 Å². The Balaban J connectivity index is 1.57. The van der Waals surface area contributed by atoms with Crippen molar-refractivity contribution in [2.45, 2.75) is 32.4 Å². The first-order valence-corrected chi connectivity index (χ1v) is 8.54. The molecule has 130 valence electrons. The number of carbonyl (C=O) groups is 1. The topological polar surface area (TPSA) is 73.8 Å². The smallest absolute Gasteiger partial charge is 0.309 e. The molecule has 1 saturated carbocycles. The molecule has 1 aliphatic carbocycles. The molecule has 7 heteroatoms. The molecule has 1 N–H and O–H groups in total. The molecular weight excluding hydrogens is 318 g/mol. The van der Waals surface area contributed by atoms with Crippen molar-refractivity contribution in [2.24, 2.45) is 13.0 Å². The van der Waals surface area contributed by atoms with Crippen LogP contribution >= 0.6 is 0 Å². The lowest BCUT2D eigenvalue weighted by atomic mass is 10.2. The molecule has 1 atom stereocenters. The molecule has 1 aromatic carbocycles. The second-order valence-electron chi connectivity index (χ2n) is 6.70. The van der Waals surface area contributed by atoms with Crippen LogP contribution in [0.15, 0.2) is 41.3 Å². The largest absolute Gasteiger partial charge is 0.329 e. The van der Waals surface area contributed by atoms with Gasteiger partial charge in [-0.3, -0.25) is 13.9 Å². The van der Waals surface area contributed by atoms with Crippen LogP contribution in [0, 0.1) is 5.92 Å². The summed E-state index contributed by atoms with van der Waals surface area (Å²) in [6, 6.07) is 9.53. The van der Waals surface area contributed by atoms with Gasteiger partial charge < -0.3 is 5.32 Å². The zero-order valence-electron chi connectivity index (χ0n) is 14.3. The van der Waals surface area contributed by atoms with E-state index in [-0.39, 0.29) is 24.2 Å². The van der Waals surface area contributed by atoms with Gasteiger partial charge in [0.2, 0.25) is 5.91 Å². The van der Waals surface area contributed by atoms with Gasteiger partial charge in [-0.2, -0.15) is 5.10 Å². The summed E-state index contributed by atoms with van der Waals surface area (Å²) in [6.45, 7) is 2.10. The van der Waals surface area contributed by atoms with Crippen LogP contribution in [0.1, 0.15) is 25.8 Å². The number of rotatable bonds is 5. The number of imidazole rings is 1. The number of benzene rings is 1. The number of amides is 1. The molecule has 1 aliphatic rings. The van der Waals surface area contributed by atoms with Gasteiger partial charge in [0.15, 0.2) is 0 Å². The average molecular weight is 339 g/mol. The highest BCUT2D eigenvalue weighted by Gasteiger charge is 2.30. The molecule has 1 unspecified atom stereocenters. The van der Waals surface area contributed by atoms with E-state index in [1.165, 1.54) is 17.4 Å². The predicted octanol–water partition coefficient (Wildman–Crippen LogP) is 2.15. The van der Waals surface area contributed by atoms with Crippen LogP contribution < -0.4 is 11.0 Å². The molecule has 1 amide bonds. The van der Waals surface area contributed by atoms with Crippen LogP contribution in [0.25, 0.3) is 11.0 Å². The summed E-state index contributed by atoms with van der Waals surface area (Å²) >= 11 is 0. The summed E-state index contributed by atoms with van der Waals surface area (Å²) in [5.41, 5.74) is 1.37. The van der Waals surface area contributed by atoms with Crippen LogP contribution in [0.5, 0.6) is 0 Å². The molecule has 0 spiro atoms. The Bertz CT molecular complexity index is 992.